The van der Waals surface area contributed by atoms with E-state index in [1.807, 2.05) is 29.2 Å². The van der Waals surface area contributed by atoms with Gasteiger partial charge in [0, 0.05) is 19.5 Å². The van der Waals surface area contributed by atoms with Crippen LogP contribution in [0.15, 0.2) is 78.3 Å². The van der Waals surface area contributed by atoms with Gasteiger partial charge in [-0.15, -0.1) is 0 Å². The van der Waals surface area contributed by atoms with E-state index in [0.29, 0.717) is 30.3 Å². The van der Waals surface area contributed by atoms with Gasteiger partial charge in [-0.3, -0.25) is 19.0 Å². The Hall–Kier alpha value is -4.07. The van der Waals surface area contributed by atoms with Crippen LogP contribution >= 0.6 is 12.2 Å². The second-order valence-corrected chi connectivity index (χ2v) is 11.8. The van der Waals surface area contributed by atoms with Gasteiger partial charge in [0.25, 0.3) is 16.0 Å². The molecule has 11 nitrogen and oxygen atoms in total. The number of carbonyl (C=O) groups is 2. The van der Waals surface area contributed by atoms with Crippen molar-refractivity contribution in [2.75, 3.05) is 48.3 Å². The predicted molar refractivity (Wildman–Crippen MR) is 179 cm³/mol. The number of ether oxygens (including phenoxy) is 2. The first kappa shape index (κ1) is 35.4. The maximum Gasteiger partial charge on any atom is 0.326 e. The first-order valence-electron chi connectivity index (χ1n) is 14.9. The minimum atomic E-state index is -4.05. The minimum Gasteiger partial charge on any atom is -0.465 e. The van der Waals surface area contributed by atoms with Gasteiger partial charge in [-0.25, -0.2) is 4.58 Å². The molecule has 0 spiro atoms. The Balaban J connectivity index is 0.000000707. The van der Waals surface area contributed by atoms with E-state index in [1.165, 1.54) is 9.80 Å². The number of rotatable bonds is 12. The van der Waals surface area contributed by atoms with Crippen LogP contribution in [0.5, 0.6) is 5.75 Å². The monoisotopic (exact) mass is 657 g/mol. The van der Waals surface area contributed by atoms with Crippen LogP contribution in [0.1, 0.15) is 40.5 Å². The van der Waals surface area contributed by atoms with Crippen LogP contribution in [0.3, 0.4) is 0 Å². The van der Waals surface area contributed by atoms with Crippen LogP contribution in [0, 0.1) is 0 Å². The molecule has 0 atom stereocenters. The molecule has 2 heterocycles. The van der Waals surface area contributed by atoms with Gasteiger partial charge in [-0.1, -0.05) is 30.3 Å². The van der Waals surface area contributed by atoms with Crippen LogP contribution in [-0.4, -0.2) is 84.2 Å². The van der Waals surface area contributed by atoms with Crippen LogP contribution in [0.4, 0.5) is 11.4 Å². The van der Waals surface area contributed by atoms with Gasteiger partial charge in [0.15, 0.2) is 10.9 Å². The Labute approximate surface area is 270 Å². The average molecular weight is 658 g/mol. The lowest BCUT2D eigenvalue weighted by atomic mass is 10.2. The summed E-state index contributed by atoms with van der Waals surface area (Å²) in [5, 5.41) is 0.150. The van der Waals surface area contributed by atoms with Gasteiger partial charge < -0.3 is 19.3 Å². The molecule has 2 aliphatic rings. The van der Waals surface area contributed by atoms with Crippen LogP contribution in [0.25, 0.3) is 0 Å². The Bertz CT molecular complexity index is 1550. The van der Waals surface area contributed by atoms with Crippen LogP contribution in [0.2, 0.25) is 0 Å². The molecule has 1 saturated heterocycles. The van der Waals surface area contributed by atoms with Crippen LogP contribution < -0.4 is 14.5 Å². The number of nitrogens with zero attached hydrogens (tertiary/aromatic N) is 4. The number of para-hydroxylation sites is 3. The molecule has 4 rings (SSSR count). The fourth-order valence-corrected chi connectivity index (χ4v) is 5.62. The molecule has 0 unspecified atom stereocenters. The van der Waals surface area contributed by atoms with Crippen molar-refractivity contribution in [3.63, 3.8) is 0 Å². The van der Waals surface area contributed by atoms with E-state index in [0.717, 1.165) is 18.8 Å². The summed E-state index contributed by atoms with van der Waals surface area (Å²) in [6, 6.07) is 16.2. The number of esters is 1. The van der Waals surface area contributed by atoms with Crippen molar-refractivity contribution in [2.45, 2.75) is 40.5 Å². The number of hydrogen-bond acceptors (Lipinski definition) is 8. The molecule has 0 saturated carbocycles. The second-order valence-electron chi connectivity index (χ2n) is 9.90. The van der Waals surface area contributed by atoms with E-state index in [1.54, 1.807) is 49.4 Å². The van der Waals surface area contributed by atoms with E-state index in [9.17, 15) is 18.0 Å². The Morgan fingerprint density at radius 1 is 1.00 bits per heavy atom. The number of fused-ring (bicyclic) bond motifs is 1. The number of thiocarbonyl (C=S) groups is 1. The topological polar surface area (TPSA) is 120 Å². The molecule has 2 aromatic carbocycles. The SMILES string of the molecule is CC=[N+](CC)CC.CCOC(=O)CN1C(=S)N(c2ccccc2)C(=O)/C1=C\C=C1/Oc2ccccc2N1CCCCS(=O)(=O)O. The third-order valence-electron chi connectivity index (χ3n) is 6.97. The number of hydrogen-bond donors (Lipinski definition) is 1. The van der Waals surface area contributed by atoms with Gasteiger partial charge >= 0.3 is 5.97 Å². The number of carbonyl (C=O) groups excluding carboxylic acids is 2. The molecule has 1 amide bonds. The Morgan fingerprint density at radius 3 is 2.27 bits per heavy atom. The third kappa shape index (κ3) is 9.71. The molecular weight excluding hydrogens is 617 g/mol. The average Bonchev–Trinajstić information content (AvgIpc) is 3.48. The highest BCUT2D eigenvalue weighted by Gasteiger charge is 2.40. The smallest absolute Gasteiger partial charge is 0.326 e. The maximum absolute atomic E-state index is 13.5. The highest BCUT2D eigenvalue weighted by Crippen LogP contribution is 2.39. The number of benzene rings is 2. The summed E-state index contributed by atoms with van der Waals surface area (Å²) in [6.45, 7) is 10.7. The lowest BCUT2D eigenvalue weighted by Crippen LogP contribution is -2.35. The number of anilines is 2. The van der Waals surface area contributed by atoms with Crippen molar-refractivity contribution in [1.82, 2.24) is 4.90 Å². The van der Waals surface area contributed by atoms with Crippen molar-refractivity contribution >= 4 is 56.9 Å². The number of unbranched alkanes of at least 4 members (excludes halogenated alkanes) is 1. The lowest BCUT2D eigenvalue weighted by molar-refractivity contribution is -0.516. The highest BCUT2D eigenvalue weighted by molar-refractivity contribution is 7.85. The molecule has 0 bridgehead atoms. The standard InChI is InChI=1S/C26H27N3O7S2.C6H14N/c1-2-35-24(30)18-28-21(25(31)29(26(28)37)19-10-4-3-5-11-19)14-15-23-27(16-8-9-17-38(32,33)34)20-12-6-7-13-22(20)36-23;1-4-7(5-2)6-3/h3-7,10-15H,2,8-9,16-18H2,1H3,(H,32,33,34);4H,5-6H2,1-3H3/q;+1/b21-14+,23-15-;. The summed E-state index contributed by atoms with van der Waals surface area (Å²) in [4.78, 5) is 30.5. The van der Waals surface area contributed by atoms with E-state index in [-0.39, 0.29) is 36.1 Å². The lowest BCUT2D eigenvalue weighted by Gasteiger charge is -2.19. The fraction of sp³-hybridized carbons (Fsp3) is 0.375. The van der Waals surface area contributed by atoms with E-state index in [2.05, 4.69) is 31.6 Å². The summed E-state index contributed by atoms with van der Waals surface area (Å²) in [6.07, 6.45) is 6.00. The summed E-state index contributed by atoms with van der Waals surface area (Å²) in [5.41, 5.74) is 1.52. The minimum absolute atomic E-state index is 0.150. The summed E-state index contributed by atoms with van der Waals surface area (Å²) in [5.74, 6) is -0.247. The first-order chi connectivity index (χ1) is 21.5. The van der Waals surface area contributed by atoms with Crippen molar-refractivity contribution in [3.8, 4) is 5.75 Å². The summed E-state index contributed by atoms with van der Waals surface area (Å²) < 4.78 is 44.6. The molecule has 1 N–H and O–H groups in total. The van der Waals surface area contributed by atoms with Crippen molar-refractivity contribution in [2.24, 2.45) is 0 Å². The Morgan fingerprint density at radius 2 is 1.67 bits per heavy atom. The maximum atomic E-state index is 13.5. The molecule has 1 fully saturated rings. The van der Waals surface area contributed by atoms with Crippen LogP contribution in [-0.2, 0) is 24.4 Å². The zero-order valence-electron chi connectivity index (χ0n) is 26.1. The summed E-state index contributed by atoms with van der Waals surface area (Å²) >= 11 is 5.58. The molecular formula is C32H41N4O7S2+. The quantitative estimate of drug-likeness (QED) is 0.0660. The molecule has 2 aliphatic heterocycles. The molecule has 0 aromatic heterocycles. The van der Waals surface area contributed by atoms with Gasteiger partial charge in [-0.05, 0) is 76.2 Å². The molecule has 242 valence electrons. The molecule has 45 heavy (non-hydrogen) atoms. The number of amides is 1. The highest BCUT2D eigenvalue weighted by atomic mass is 32.2. The first-order valence-corrected chi connectivity index (χ1v) is 16.9. The van der Waals surface area contributed by atoms with E-state index < -0.39 is 22.0 Å². The molecule has 2 aromatic rings. The third-order valence-corrected chi connectivity index (χ3v) is 8.18. The van der Waals surface area contributed by atoms with Crippen molar-refractivity contribution in [1.29, 1.82) is 0 Å². The molecule has 0 aliphatic carbocycles. The largest absolute Gasteiger partial charge is 0.465 e. The number of allylic oxidation sites excluding steroid dienone is 2. The predicted octanol–water partition coefficient (Wildman–Crippen LogP) is 4.60. The molecule has 13 heteroatoms. The van der Waals surface area contributed by atoms with Gasteiger partial charge in [0.05, 0.1) is 23.7 Å². The van der Waals surface area contributed by atoms with E-state index >= 15 is 0 Å². The van der Waals surface area contributed by atoms with E-state index in [4.69, 9.17) is 26.2 Å². The zero-order chi connectivity index (χ0) is 33.0. The Kier molecular flexibility index (Phi) is 13.3. The zero-order valence-corrected chi connectivity index (χ0v) is 27.7. The van der Waals surface area contributed by atoms with Crippen molar-refractivity contribution < 1.29 is 36.6 Å². The van der Waals surface area contributed by atoms with Gasteiger partial charge in [0.1, 0.15) is 31.5 Å². The summed E-state index contributed by atoms with van der Waals surface area (Å²) in [7, 11) is -4.05. The normalized spacial score (nSPS) is 16.0. The van der Waals surface area contributed by atoms with Gasteiger partial charge in [0.2, 0.25) is 5.88 Å². The fourth-order valence-electron chi connectivity index (χ4n) is 4.70. The molecule has 0 radical (unpaired) electrons. The second kappa shape index (κ2) is 16.8. The van der Waals surface area contributed by atoms with Crippen molar-refractivity contribution in [3.05, 3.63) is 78.3 Å². The van der Waals surface area contributed by atoms with Gasteiger partial charge in [-0.2, -0.15) is 8.42 Å².